The van der Waals surface area contributed by atoms with Crippen LogP contribution in [-0.2, 0) is 9.59 Å². The lowest BCUT2D eigenvalue weighted by atomic mass is 9.98. The van der Waals surface area contributed by atoms with Crippen LogP contribution in [0.15, 0.2) is 29.8 Å². The van der Waals surface area contributed by atoms with E-state index in [-0.39, 0.29) is 24.3 Å². The quantitative estimate of drug-likeness (QED) is 0.736. The van der Waals surface area contributed by atoms with Crippen LogP contribution in [0.2, 0.25) is 0 Å². The third-order valence-corrected chi connectivity index (χ3v) is 5.75. The molecule has 2 amide bonds. The molecular formula is C20H23N3O4S. The van der Waals surface area contributed by atoms with Crippen molar-refractivity contribution in [2.75, 3.05) is 32.1 Å². The highest BCUT2D eigenvalue weighted by molar-refractivity contribution is 7.13. The Kier molecular flexibility index (Phi) is 5.47. The standard InChI is InChI=1S/C20H23N3O4S/c1-26-16-5-4-14(8-17(16)27-12-13-2-3-13)15-9-19(25)23(10-15)11-18(24)22-20-21-6-7-28-20/h4-8,13,15H,2-3,9-12H2,1H3,(H,21,22,24). The molecule has 28 heavy (non-hydrogen) atoms. The number of benzene rings is 1. The molecule has 1 aromatic carbocycles. The molecule has 0 bridgehead atoms. The Morgan fingerprint density at radius 1 is 1.36 bits per heavy atom. The summed E-state index contributed by atoms with van der Waals surface area (Å²) >= 11 is 1.35. The van der Waals surface area contributed by atoms with E-state index in [0.29, 0.717) is 36.4 Å². The summed E-state index contributed by atoms with van der Waals surface area (Å²) in [5.74, 6) is 1.86. The Balaban J connectivity index is 1.39. The number of nitrogens with one attached hydrogen (secondary N) is 1. The van der Waals surface area contributed by atoms with E-state index >= 15 is 0 Å². The molecule has 2 aromatic rings. The van der Waals surface area contributed by atoms with E-state index in [0.717, 1.165) is 11.3 Å². The van der Waals surface area contributed by atoms with Crippen LogP contribution in [0.25, 0.3) is 0 Å². The molecule has 0 spiro atoms. The topological polar surface area (TPSA) is 80.8 Å². The third-order valence-electron chi connectivity index (χ3n) is 5.06. The average molecular weight is 401 g/mol. The van der Waals surface area contributed by atoms with Gasteiger partial charge in [0.05, 0.1) is 20.3 Å². The number of carbonyl (C=O) groups excluding carboxylic acids is 2. The van der Waals surface area contributed by atoms with Crippen LogP contribution in [0.1, 0.15) is 30.7 Å². The molecule has 2 heterocycles. The van der Waals surface area contributed by atoms with Crippen LogP contribution in [0.3, 0.4) is 0 Å². The normalized spacial score (nSPS) is 19.0. The lowest BCUT2D eigenvalue weighted by Crippen LogP contribution is -2.34. The molecule has 1 N–H and O–H groups in total. The van der Waals surface area contributed by atoms with Gasteiger partial charge in [-0.15, -0.1) is 11.3 Å². The van der Waals surface area contributed by atoms with Crippen LogP contribution >= 0.6 is 11.3 Å². The molecule has 2 fully saturated rings. The summed E-state index contributed by atoms with van der Waals surface area (Å²) < 4.78 is 11.3. The zero-order chi connectivity index (χ0) is 19.5. The van der Waals surface area contributed by atoms with Gasteiger partial charge in [0.2, 0.25) is 11.8 Å². The number of anilines is 1. The fraction of sp³-hybridized carbons (Fsp3) is 0.450. The molecule has 8 heteroatoms. The average Bonchev–Trinajstić information content (AvgIpc) is 3.26. The minimum atomic E-state index is -0.230. The van der Waals surface area contributed by atoms with Gasteiger partial charge in [0.1, 0.15) is 0 Å². The van der Waals surface area contributed by atoms with Gasteiger partial charge < -0.3 is 19.7 Å². The maximum Gasteiger partial charge on any atom is 0.245 e. The number of thiazole rings is 1. The number of ether oxygens (including phenoxy) is 2. The molecule has 1 atom stereocenters. The van der Waals surface area contributed by atoms with Crippen molar-refractivity contribution >= 4 is 28.3 Å². The summed E-state index contributed by atoms with van der Waals surface area (Å²) in [6.07, 6.45) is 4.46. The fourth-order valence-electron chi connectivity index (χ4n) is 3.32. The highest BCUT2D eigenvalue weighted by Crippen LogP contribution is 2.36. The lowest BCUT2D eigenvalue weighted by Gasteiger charge is -2.17. The molecule has 4 rings (SSSR count). The number of rotatable bonds is 8. The van der Waals surface area contributed by atoms with Gasteiger partial charge >= 0.3 is 0 Å². The first kappa shape index (κ1) is 18.7. The first-order valence-corrected chi connectivity index (χ1v) is 10.3. The number of carbonyl (C=O) groups is 2. The van der Waals surface area contributed by atoms with Crippen molar-refractivity contribution in [1.82, 2.24) is 9.88 Å². The number of hydrogen-bond donors (Lipinski definition) is 1. The molecule has 2 aliphatic rings. The molecule has 1 unspecified atom stereocenters. The van der Waals surface area contributed by atoms with Crippen LogP contribution in [0.5, 0.6) is 11.5 Å². The summed E-state index contributed by atoms with van der Waals surface area (Å²) in [5, 5.41) is 5.05. The number of likely N-dealkylation sites (tertiary alicyclic amines) is 1. The van der Waals surface area contributed by atoms with E-state index in [1.807, 2.05) is 18.2 Å². The second-order valence-electron chi connectivity index (χ2n) is 7.23. The summed E-state index contributed by atoms with van der Waals surface area (Å²) in [6, 6.07) is 5.83. The Morgan fingerprint density at radius 2 is 2.21 bits per heavy atom. The zero-order valence-corrected chi connectivity index (χ0v) is 16.5. The number of amides is 2. The van der Waals surface area contributed by atoms with E-state index in [1.165, 1.54) is 24.2 Å². The smallest absolute Gasteiger partial charge is 0.245 e. The van der Waals surface area contributed by atoms with E-state index < -0.39 is 0 Å². The lowest BCUT2D eigenvalue weighted by molar-refractivity contribution is -0.131. The minimum absolute atomic E-state index is 0.0180. The maximum absolute atomic E-state index is 12.4. The predicted molar refractivity (Wildman–Crippen MR) is 106 cm³/mol. The molecule has 1 saturated heterocycles. The van der Waals surface area contributed by atoms with Gasteiger partial charge in [0.25, 0.3) is 0 Å². The van der Waals surface area contributed by atoms with Crippen molar-refractivity contribution in [2.24, 2.45) is 5.92 Å². The van der Waals surface area contributed by atoms with Crippen molar-refractivity contribution in [3.8, 4) is 11.5 Å². The van der Waals surface area contributed by atoms with Gasteiger partial charge in [0, 0.05) is 30.5 Å². The Morgan fingerprint density at radius 3 is 2.93 bits per heavy atom. The Bertz CT molecular complexity index is 851. The van der Waals surface area contributed by atoms with Crippen molar-refractivity contribution in [3.05, 3.63) is 35.3 Å². The number of nitrogens with zero attached hydrogens (tertiary/aromatic N) is 2. The van der Waals surface area contributed by atoms with Gasteiger partial charge in [-0.2, -0.15) is 0 Å². The Labute approximate surface area is 167 Å². The highest BCUT2D eigenvalue weighted by Gasteiger charge is 2.32. The number of methoxy groups -OCH3 is 1. The molecule has 148 valence electrons. The van der Waals surface area contributed by atoms with Crippen molar-refractivity contribution < 1.29 is 19.1 Å². The van der Waals surface area contributed by atoms with Crippen molar-refractivity contribution in [2.45, 2.75) is 25.2 Å². The molecule has 1 aliphatic carbocycles. The van der Waals surface area contributed by atoms with Crippen molar-refractivity contribution in [3.63, 3.8) is 0 Å². The summed E-state index contributed by atoms with van der Waals surface area (Å²) in [6.45, 7) is 1.25. The van der Waals surface area contributed by atoms with Crippen LogP contribution in [-0.4, -0.2) is 48.5 Å². The second-order valence-corrected chi connectivity index (χ2v) is 8.12. The van der Waals surface area contributed by atoms with Crippen LogP contribution in [0.4, 0.5) is 5.13 Å². The monoisotopic (exact) mass is 401 g/mol. The minimum Gasteiger partial charge on any atom is -0.493 e. The fourth-order valence-corrected chi connectivity index (χ4v) is 3.86. The maximum atomic E-state index is 12.4. The summed E-state index contributed by atoms with van der Waals surface area (Å²) in [5.41, 5.74) is 1.03. The van der Waals surface area contributed by atoms with Crippen molar-refractivity contribution in [1.29, 1.82) is 0 Å². The molecule has 0 radical (unpaired) electrons. The van der Waals surface area contributed by atoms with E-state index in [9.17, 15) is 9.59 Å². The van der Waals surface area contributed by atoms with E-state index in [4.69, 9.17) is 9.47 Å². The largest absolute Gasteiger partial charge is 0.493 e. The first-order chi connectivity index (χ1) is 13.6. The molecular weight excluding hydrogens is 378 g/mol. The molecule has 7 nitrogen and oxygen atoms in total. The van der Waals surface area contributed by atoms with Crippen LogP contribution < -0.4 is 14.8 Å². The molecule has 1 aromatic heterocycles. The van der Waals surface area contributed by atoms with Gasteiger partial charge in [0.15, 0.2) is 16.6 Å². The van der Waals surface area contributed by atoms with Gasteiger partial charge in [-0.3, -0.25) is 9.59 Å². The van der Waals surface area contributed by atoms with Gasteiger partial charge in [-0.25, -0.2) is 4.98 Å². The third kappa shape index (κ3) is 4.44. The summed E-state index contributed by atoms with van der Waals surface area (Å²) in [4.78, 5) is 30.2. The molecule has 1 aliphatic heterocycles. The van der Waals surface area contributed by atoms with Crippen LogP contribution in [0, 0.1) is 5.92 Å². The SMILES string of the molecule is COc1ccc(C2CC(=O)N(CC(=O)Nc3nccs3)C2)cc1OCC1CC1. The highest BCUT2D eigenvalue weighted by atomic mass is 32.1. The predicted octanol–water partition coefficient (Wildman–Crippen LogP) is 2.90. The van der Waals surface area contributed by atoms with E-state index in [2.05, 4.69) is 10.3 Å². The Hall–Kier alpha value is -2.61. The van der Waals surface area contributed by atoms with Gasteiger partial charge in [-0.1, -0.05) is 6.07 Å². The summed E-state index contributed by atoms with van der Waals surface area (Å²) in [7, 11) is 1.63. The first-order valence-electron chi connectivity index (χ1n) is 9.40. The van der Waals surface area contributed by atoms with E-state index in [1.54, 1.807) is 23.6 Å². The molecule has 1 saturated carbocycles. The second kappa shape index (κ2) is 8.18. The zero-order valence-electron chi connectivity index (χ0n) is 15.7. The number of hydrogen-bond acceptors (Lipinski definition) is 6. The number of aromatic nitrogens is 1. The van der Waals surface area contributed by atoms with Gasteiger partial charge in [-0.05, 0) is 36.5 Å².